The predicted molar refractivity (Wildman–Crippen MR) is 78.8 cm³/mol. The Morgan fingerprint density at radius 3 is 2.33 bits per heavy atom. The van der Waals surface area contributed by atoms with Crippen molar-refractivity contribution in [3.63, 3.8) is 0 Å². The third-order valence-electron chi connectivity index (χ3n) is 4.09. The molecule has 0 radical (unpaired) electrons. The number of hydrogen-bond acceptors (Lipinski definition) is 6. The van der Waals surface area contributed by atoms with Gasteiger partial charge in [-0.2, -0.15) is 0 Å². The number of fused-ring (bicyclic) bond motifs is 1. The number of aliphatic hydroxyl groups is 2. The van der Waals surface area contributed by atoms with Crippen molar-refractivity contribution >= 4 is 11.8 Å². The lowest BCUT2D eigenvalue weighted by Crippen LogP contribution is -2.58. The summed E-state index contributed by atoms with van der Waals surface area (Å²) in [4.78, 5) is 24.9. The Bertz CT molecular complexity index is 643. The molecule has 3 rings (SSSR count). The molecule has 1 fully saturated rings. The zero-order chi connectivity index (χ0) is 17.6. The zero-order valence-electron chi connectivity index (χ0n) is 13.2. The Balaban J connectivity index is 1.83. The van der Waals surface area contributed by atoms with Gasteiger partial charge in [0.15, 0.2) is 5.79 Å². The van der Waals surface area contributed by atoms with Crippen LogP contribution in [-0.4, -0.2) is 63.9 Å². The molecule has 2 heterocycles. The van der Waals surface area contributed by atoms with E-state index in [-0.39, 0.29) is 17.7 Å². The molecule has 1 aromatic carbocycles. The number of nitrogens with zero attached hydrogens (tertiary/aromatic N) is 1. The van der Waals surface area contributed by atoms with Gasteiger partial charge in [0, 0.05) is 0 Å². The first-order valence-corrected chi connectivity index (χ1v) is 7.52. The van der Waals surface area contributed by atoms with Crippen molar-refractivity contribution in [3.8, 4) is 0 Å². The summed E-state index contributed by atoms with van der Waals surface area (Å²) < 4.78 is 25.3. The van der Waals surface area contributed by atoms with Crippen LogP contribution in [-0.2, 0) is 9.47 Å². The number of aliphatic hydroxyl groups excluding tert-OH is 2. The average molecular weight is 339 g/mol. The molecule has 130 valence electrons. The molecule has 4 atom stereocenters. The number of carbonyl (C=O) groups is 2. The smallest absolute Gasteiger partial charge is 0.264 e. The Labute approximate surface area is 137 Å². The van der Waals surface area contributed by atoms with Crippen molar-refractivity contribution in [2.75, 3.05) is 6.61 Å². The Kier molecular flexibility index (Phi) is 4.16. The van der Waals surface area contributed by atoms with Gasteiger partial charge in [-0.05, 0) is 26.0 Å². The average Bonchev–Trinajstić information content (AvgIpc) is 2.80. The first kappa shape index (κ1) is 17.0. The summed E-state index contributed by atoms with van der Waals surface area (Å²) in [5.41, 5.74) is 0.150. The number of hydrogen-bond donors (Lipinski definition) is 2. The van der Waals surface area contributed by atoms with Gasteiger partial charge in [0.05, 0.1) is 17.7 Å². The first-order chi connectivity index (χ1) is 11.2. The van der Waals surface area contributed by atoms with Gasteiger partial charge < -0.3 is 19.7 Å². The highest BCUT2D eigenvalue weighted by atomic mass is 19.1. The second kappa shape index (κ2) is 5.89. The maximum Gasteiger partial charge on any atom is 0.264 e. The highest BCUT2D eigenvalue weighted by Gasteiger charge is 2.49. The van der Waals surface area contributed by atoms with E-state index in [0.717, 1.165) is 0 Å². The van der Waals surface area contributed by atoms with Gasteiger partial charge in [0.25, 0.3) is 11.8 Å². The van der Waals surface area contributed by atoms with Gasteiger partial charge in [0.2, 0.25) is 6.30 Å². The van der Waals surface area contributed by atoms with E-state index < -0.39 is 42.2 Å². The van der Waals surface area contributed by atoms with Gasteiger partial charge in [-0.25, -0.2) is 9.29 Å². The number of benzene rings is 1. The molecule has 0 saturated carbocycles. The molecule has 1 saturated heterocycles. The van der Waals surface area contributed by atoms with Crippen LogP contribution in [0.1, 0.15) is 34.6 Å². The maximum absolute atomic E-state index is 14.8. The molecule has 0 spiro atoms. The molecular weight excluding hydrogens is 321 g/mol. The molecule has 2 aliphatic heterocycles. The summed E-state index contributed by atoms with van der Waals surface area (Å²) in [5.74, 6) is -2.79. The molecular formula is C16H18FNO6. The second-order valence-corrected chi connectivity index (χ2v) is 6.25. The number of amides is 2. The number of carbonyl (C=O) groups excluding carboxylic acids is 2. The van der Waals surface area contributed by atoms with Crippen LogP contribution in [0.25, 0.3) is 0 Å². The van der Waals surface area contributed by atoms with E-state index in [1.54, 1.807) is 26.0 Å². The lowest BCUT2D eigenvalue weighted by molar-refractivity contribution is -0.323. The Morgan fingerprint density at radius 2 is 1.79 bits per heavy atom. The highest BCUT2D eigenvalue weighted by Crippen LogP contribution is 2.30. The Hall–Kier alpha value is -1.87. The zero-order valence-corrected chi connectivity index (χ0v) is 13.2. The fourth-order valence-corrected chi connectivity index (χ4v) is 2.86. The van der Waals surface area contributed by atoms with Gasteiger partial charge >= 0.3 is 0 Å². The summed E-state index contributed by atoms with van der Waals surface area (Å²) in [6.45, 7) is 2.94. The van der Waals surface area contributed by atoms with Crippen LogP contribution in [0.2, 0.25) is 0 Å². The normalized spacial score (nSPS) is 28.6. The van der Waals surface area contributed by atoms with E-state index in [1.807, 2.05) is 0 Å². The quantitative estimate of drug-likeness (QED) is 0.613. The van der Waals surface area contributed by atoms with Crippen molar-refractivity contribution < 1.29 is 33.7 Å². The van der Waals surface area contributed by atoms with Crippen LogP contribution < -0.4 is 0 Å². The van der Waals surface area contributed by atoms with Crippen molar-refractivity contribution in [1.29, 1.82) is 0 Å². The van der Waals surface area contributed by atoms with E-state index in [1.165, 1.54) is 12.1 Å². The van der Waals surface area contributed by atoms with Gasteiger partial charge in [0.1, 0.15) is 18.3 Å². The molecule has 0 aromatic heterocycles. The van der Waals surface area contributed by atoms with E-state index in [0.29, 0.717) is 4.90 Å². The summed E-state index contributed by atoms with van der Waals surface area (Å²) in [6, 6.07) is 5.95. The monoisotopic (exact) mass is 339 g/mol. The van der Waals surface area contributed by atoms with Crippen LogP contribution in [0, 0.1) is 0 Å². The number of ether oxygens (including phenoxy) is 2. The van der Waals surface area contributed by atoms with Crippen LogP contribution in [0.4, 0.5) is 4.39 Å². The minimum atomic E-state index is -2.36. The van der Waals surface area contributed by atoms with Crippen molar-refractivity contribution in [2.24, 2.45) is 0 Å². The molecule has 7 nitrogen and oxygen atoms in total. The Morgan fingerprint density at radius 1 is 1.25 bits per heavy atom. The molecule has 2 N–H and O–H groups in total. The molecule has 24 heavy (non-hydrogen) atoms. The van der Waals surface area contributed by atoms with Crippen LogP contribution in [0.5, 0.6) is 0 Å². The molecule has 1 aromatic rings. The third kappa shape index (κ3) is 2.71. The largest absolute Gasteiger partial charge is 0.388 e. The molecule has 8 heteroatoms. The van der Waals surface area contributed by atoms with Crippen molar-refractivity contribution in [3.05, 3.63) is 35.4 Å². The second-order valence-electron chi connectivity index (χ2n) is 6.25. The van der Waals surface area contributed by atoms with E-state index >= 15 is 0 Å². The lowest BCUT2D eigenvalue weighted by Gasteiger charge is -2.42. The van der Waals surface area contributed by atoms with Crippen LogP contribution >= 0.6 is 0 Å². The summed E-state index contributed by atoms with van der Waals surface area (Å²) in [7, 11) is 0. The lowest BCUT2D eigenvalue weighted by atomic mass is 10.0. The first-order valence-electron chi connectivity index (χ1n) is 7.52. The molecule has 2 aliphatic rings. The fraction of sp³-hybridized carbons (Fsp3) is 0.500. The molecule has 2 amide bonds. The minimum absolute atomic E-state index is 0.0751. The van der Waals surface area contributed by atoms with Gasteiger partial charge in [-0.3, -0.25) is 9.59 Å². The predicted octanol–water partition coefficient (Wildman–Crippen LogP) is 0.451. The van der Waals surface area contributed by atoms with Gasteiger partial charge in [-0.1, -0.05) is 12.1 Å². The summed E-state index contributed by atoms with van der Waals surface area (Å²) >= 11 is 0. The van der Waals surface area contributed by atoms with Crippen LogP contribution in [0.15, 0.2) is 24.3 Å². The van der Waals surface area contributed by atoms with Crippen molar-refractivity contribution in [2.45, 2.75) is 44.2 Å². The van der Waals surface area contributed by atoms with E-state index in [2.05, 4.69) is 0 Å². The third-order valence-corrected chi connectivity index (χ3v) is 4.09. The number of imide groups is 1. The van der Waals surface area contributed by atoms with Crippen LogP contribution in [0.3, 0.4) is 0 Å². The molecule has 0 bridgehead atoms. The number of alkyl halides is 1. The standard InChI is InChI=1S/C16H18FNO6/c1-16(2)23-7-10(19)12(24-16)11(20)13(17)18-14(21)8-5-3-4-6-9(8)15(18)22/h3-6,10-13,19-20H,7H2,1-2H3/t10-,11-,12?,13+/m1/s1. The highest BCUT2D eigenvalue weighted by molar-refractivity contribution is 6.21. The fourth-order valence-electron chi connectivity index (χ4n) is 2.86. The van der Waals surface area contributed by atoms with E-state index in [9.17, 15) is 24.2 Å². The van der Waals surface area contributed by atoms with Crippen molar-refractivity contribution in [1.82, 2.24) is 4.90 Å². The number of halogens is 1. The van der Waals surface area contributed by atoms with E-state index in [4.69, 9.17) is 9.47 Å². The van der Waals surface area contributed by atoms with Gasteiger partial charge in [-0.15, -0.1) is 0 Å². The summed E-state index contributed by atoms with van der Waals surface area (Å²) in [5, 5.41) is 20.2. The number of rotatable bonds is 3. The minimum Gasteiger partial charge on any atom is -0.388 e. The molecule has 0 aliphatic carbocycles. The summed E-state index contributed by atoms with van der Waals surface area (Å²) in [6.07, 6.45) is -6.90. The SMILES string of the molecule is CC1(C)OC[C@@H](O)C([C@@H](O)[C@@H](F)N2C(=O)c3ccccc3C2=O)O1. The molecule has 1 unspecified atom stereocenters. The topological polar surface area (TPSA) is 96.3 Å². The maximum atomic E-state index is 14.8.